The Morgan fingerprint density at radius 1 is 1.12 bits per heavy atom. The van der Waals surface area contributed by atoms with Crippen LogP contribution < -0.4 is 15.2 Å². The van der Waals surface area contributed by atoms with Crippen molar-refractivity contribution in [3.63, 3.8) is 0 Å². The molecule has 7 heteroatoms. The zero-order valence-electron chi connectivity index (χ0n) is 18.2. The van der Waals surface area contributed by atoms with Crippen LogP contribution in [-0.4, -0.2) is 18.5 Å². The van der Waals surface area contributed by atoms with E-state index in [0.717, 1.165) is 16.7 Å². The van der Waals surface area contributed by atoms with Gasteiger partial charge >= 0.3 is 5.97 Å². The summed E-state index contributed by atoms with van der Waals surface area (Å²) in [5.74, 6) is -0.0153. The highest BCUT2D eigenvalue weighted by Gasteiger charge is 2.21. The average Bonchev–Trinajstić information content (AvgIpc) is 3.29. The fraction of sp³-hybridized carbons (Fsp3) is 0.280. The van der Waals surface area contributed by atoms with Crippen LogP contribution in [0.1, 0.15) is 52.9 Å². The molecule has 2 aromatic carbocycles. The van der Waals surface area contributed by atoms with Crippen molar-refractivity contribution in [1.29, 1.82) is 0 Å². The Balaban J connectivity index is 1.86. The zero-order chi connectivity index (χ0) is 22.9. The number of primary amides is 1. The van der Waals surface area contributed by atoms with E-state index >= 15 is 0 Å². The van der Waals surface area contributed by atoms with Crippen LogP contribution in [-0.2, 0) is 16.1 Å². The van der Waals surface area contributed by atoms with E-state index in [9.17, 15) is 9.59 Å². The minimum atomic E-state index is -0.599. The molecule has 3 rings (SSSR count). The fourth-order valence-corrected chi connectivity index (χ4v) is 3.95. The normalized spacial score (nSPS) is 11.6. The molecule has 2 N–H and O–H groups in total. The molecule has 1 atom stereocenters. The van der Waals surface area contributed by atoms with Crippen molar-refractivity contribution < 1.29 is 23.8 Å². The van der Waals surface area contributed by atoms with Crippen LogP contribution in [0.5, 0.6) is 11.5 Å². The molecule has 1 aromatic heterocycles. The van der Waals surface area contributed by atoms with Gasteiger partial charge in [0.05, 0.1) is 12.2 Å². The van der Waals surface area contributed by atoms with E-state index in [0.29, 0.717) is 31.1 Å². The summed E-state index contributed by atoms with van der Waals surface area (Å²) in [6.45, 7) is 4.48. The van der Waals surface area contributed by atoms with Crippen LogP contribution in [0, 0.1) is 6.92 Å². The predicted molar refractivity (Wildman–Crippen MR) is 124 cm³/mol. The largest absolute Gasteiger partial charge is 0.489 e. The molecule has 0 saturated carbocycles. The Kier molecular flexibility index (Phi) is 8.27. The molecule has 0 radical (unpaired) electrons. The Morgan fingerprint density at radius 3 is 2.62 bits per heavy atom. The number of hydrogen-bond donors (Lipinski definition) is 1. The molecule has 1 amide bonds. The van der Waals surface area contributed by atoms with Gasteiger partial charge in [0.15, 0.2) is 0 Å². The van der Waals surface area contributed by atoms with Crippen molar-refractivity contribution in [3.8, 4) is 11.5 Å². The van der Waals surface area contributed by atoms with Crippen LogP contribution in [0.25, 0.3) is 0 Å². The van der Waals surface area contributed by atoms with Crippen molar-refractivity contribution in [2.24, 2.45) is 5.73 Å². The predicted octanol–water partition coefficient (Wildman–Crippen LogP) is 5.20. The number of rotatable bonds is 11. The van der Waals surface area contributed by atoms with E-state index in [1.165, 1.54) is 0 Å². The van der Waals surface area contributed by atoms with Gasteiger partial charge in [-0.3, -0.25) is 9.59 Å². The van der Waals surface area contributed by atoms with E-state index in [-0.39, 0.29) is 18.0 Å². The number of nitrogens with two attached hydrogens (primary N) is 1. The van der Waals surface area contributed by atoms with Gasteiger partial charge in [-0.15, -0.1) is 0 Å². The standard InChI is InChI=1S/C25H27NO5S/c1-3-29-24(27)11-10-22(20-7-5-4-6-17(20)2)31-23-14-19(8-9-21(23)25(26)28)30-15-18-12-13-32-16-18/h4-9,12-14,16,22H,3,10-11,15H2,1-2H3,(H2,26,28). The Bertz CT molecular complexity index is 1050. The summed E-state index contributed by atoms with van der Waals surface area (Å²) >= 11 is 1.60. The lowest BCUT2D eigenvalue weighted by atomic mass is 9.99. The highest BCUT2D eigenvalue weighted by molar-refractivity contribution is 7.07. The van der Waals surface area contributed by atoms with E-state index in [1.54, 1.807) is 36.5 Å². The average molecular weight is 454 g/mol. The molecule has 0 aliphatic rings. The Labute approximate surface area is 191 Å². The summed E-state index contributed by atoms with van der Waals surface area (Å²) < 4.78 is 17.2. The van der Waals surface area contributed by atoms with E-state index in [1.807, 2.05) is 48.0 Å². The lowest BCUT2D eigenvalue weighted by molar-refractivity contribution is -0.143. The topological polar surface area (TPSA) is 87.8 Å². The van der Waals surface area contributed by atoms with Gasteiger partial charge in [0.25, 0.3) is 5.91 Å². The minimum Gasteiger partial charge on any atom is -0.489 e. The number of carbonyl (C=O) groups excluding carboxylic acids is 2. The number of hydrogen-bond acceptors (Lipinski definition) is 6. The SMILES string of the molecule is CCOC(=O)CCC(Oc1cc(OCc2ccsc2)ccc1C(N)=O)c1ccccc1C. The number of ether oxygens (including phenoxy) is 3. The first-order chi connectivity index (χ1) is 15.5. The van der Waals surface area contributed by atoms with Crippen molar-refractivity contribution in [2.75, 3.05) is 6.61 Å². The van der Waals surface area contributed by atoms with Crippen molar-refractivity contribution in [3.05, 3.63) is 81.5 Å². The highest BCUT2D eigenvalue weighted by Crippen LogP contribution is 2.33. The van der Waals surface area contributed by atoms with Gasteiger partial charge in [-0.25, -0.2) is 0 Å². The molecule has 0 spiro atoms. The van der Waals surface area contributed by atoms with Gasteiger partial charge in [-0.05, 0) is 65.9 Å². The Morgan fingerprint density at radius 2 is 1.94 bits per heavy atom. The molecule has 0 fully saturated rings. The first-order valence-electron chi connectivity index (χ1n) is 10.4. The maximum absolute atomic E-state index is 12.0. The summed E-state index contributed by atoms with van der Waals surface area (Å²) in [6.07, 6.45) is 0.112. The van der Waals surface area contributed by atoms with Gasteiger partial charge in [0.1, 0.15) is 24.2 Å². The van der Waals surface area contributed by atoms with E-state index in [4.69, 9.17) is 19.9 Å². The first kappa shape index (κ1) is 23.3. The van der Waals surface area contributed by atoms with E-state index < -0.39 is 12.0 Å². The monoisotopic (exact) mass is 453 g/mol. The maximum atomic E-state index is 12.0. The van der Waals surface area contributed by atoms with Crippen molar-refractivity contribution >= 4 is 23.2 Å². The third-order valence-corrected chi connectivity index (χ3v) is 5.66. The smallest absolute Gasteiger partial charge is 0.305 e. The van der Waals surface area contributed by atoms with Crippen LogP contribution in [0.15, 0.2) is 59.3 Å². The quantitative estimate of drug-likeness (QED) is 0.403. The summed E-state index contributed by atoms with van der Waals surface area (Å²) in [6, 6.07) is 14.7. The molecule has 0 aliphatic heterocycles. The van der Waals surface area contributed by atoms with Crippen LogP contribution >= 0.6 is 11.3 Å². The molecule has 6 nitrogen and oxygen atoms in total. The van der Waals surface area contributed by atoms with Crippen molar-refractivity contribution in [1.82, 2.24) is 0 Å². The second-order valence-corrected chi connectivity index (χ2v) is 8.03. The third kappa shape index (κ3) is 6.34. The van der Waals surface area contributed by atoms with Gasteiger partial charge < -0.3 is 19.9 Å². The molecule has 0 bridgehead atoms. The third-order valence-electron chi connectivity index (χ3n) is 4.92. The molecular weight excluding hydrogens is 426 g/mol. The van der Waals surface area contributed by atoms with Gasteiger partial charge in [-0.2, -0.15) is 11.3 Å². The summed E-state index contributed by atoms with van der Waals surface area (Å²) in [4.78, 5) is 24.0. The molecular formula is C25H27NO5S. The van der Waals surface area contributed by atoms with Crippen LogP contribution in [0.4, 0.5) is 0 Å². The minimum absolute atomic E-state index is 0.188. The van der Waals surface area contributed by atoms with E-state index in [2.05, 4.69) is 0 Å². The molecule has 0 aliphatic carbocycles. The summed E-state index contributed by atoms with van der Waals surface area (Å²) in [7, 11) is 0. The van der Waals surface area contributed by atoms with Crippen molar-refractivity contribution in [2.45, 2.75) is 39.4 Å². The molecule has 0 saturated heterocycles. The maximum Gasteiger partial charge on any atom is 0.305 e. The fourth-order valence-electron chi connectivity index (χ4n) is 3.30. The zero-order valence-corrected chi connectivity index (χ0v) is 19.0. The molecule has 168 valence electrons. The second kappa shape index (κ2) is 11.3. The first-order valence-corrected chi connectivity index (χ1v) is 11.4. The molecule has 32 heavy (non-hydrogen) atoms. The lowest BCUT2D eigenvalue weighted by Crippen LogP contribution is -2.17. The van der Waals surface area contributed by atoms with Gasteiger partial charge in [-0.1, -0.05) is 24.3 Å². The Hall–Kier alpha value is -3.32. The number of benzene rings is 2. The molecule has 1 unspecified atom stereocenters. The van der Waals surface area contributed by atoms with Gasteiger partial charge in [0, 0.05) is 12.5 Å². The highest BCUT2D eigenvalue weighted by atomic mass is 32.1. The number of thiophene rings is 1. The number of carbonyl (C=O) groups is 2. The lowest BCUT2D eigenvalue weighted by Gasteiger charge is -2.23. The van der Waals surface area contributed by atoms with Gasteiger partial charge in [0.2, 0.25) is 0 Å². The second-order valence-electron chi connectivity index (χ2n) is 7.25. The summed E-state index contributed by atoms with van der Waals surface area (Å²) in [5, 5.41) is 4.00. The van der Waals surface area contributed by atoms with Crippen LogP contribution in [0.3, 0.4) is 0 Å². The van der Waals surface area contributed by atoms with Crippen LogP contribution in [0.2, 0.25) is 0 Å². The number of esters is 1. The molecule has 1 heterocycles. The molecule has 3 aromatic rings. The summed E-state index contributed by atoms with van der Waals surface area (Å²) in [5.41, 5.74) is 8.85. The number of aryl methyl sites for hydroxylation is 1. The number of amides is 1.